The highest BCUT2D eigenvalue weighted by molar-refractivity contribution is 7.87. The molecular formula is C12H15F14NO3S. The van der Waals surface area contributed by atoms with Gasteiger partial charge in [0, 0.05) is 6.42 Å². The molecule has 0 aliphatic heterocycles. The molecule has 0 spiro atoms. The van der Waals surface area contributed by atoms with Crippen LogP contribution >= 0.6 is 0 Å². The van der Waals surface area contributed by atoms with Crippen molar-refractivity contribution in [1.82, 2.24) is 6.15 Å². The molecule has 0 aliphatic carbocycles. The summed E-state index contributed by atoms with van der Waals surface area (Å²) in [7, 11) is -7.71. The van der Waals surface area contributed by atoms with Gasteiger partial charge < -0.3 is 6.15 Å². The van der Waals surface area contributed by atoms with Gasteiger partial charge in [0.15, 0.2) is 0 Å². The fourth-order valence-corrected chi connectivity index (χ4v) is 2.37. The summed E-state index contributed by atoms with van der Waals surface area (Å²) in [5, 5.41) is -7.61. The molecule has 0 aromatic carbocycles. The molecule has 0 saturated heterocycles. The average molecular weight is 519 g/mol. The highest BCUT2D eigenvalue weighted by Gasteiger charge is 2.94. The first kappa shape index (κ1) is 32.1. The van der Waals surface area contributed by atoms with E-state index < -0.39 is 63.7 Å². The van der Waals surface area contributed by atoms with E-state index in [1.54, 1.807) is 0 Å². The van der Waals surface area contributed by atoms with E-state index in [0.717, 1.165) is 0 Å². The Kier molecular flexibility index (Phi) is 8.98. The van der Waals surface area contributed by atoms with Crippen molar-refractivity contribution in [2.75, 3.05) is 0 Å². The first-order valence-corrected chi connectivity index (χ1v) is 8.87. The van der Waals surface area contributed by atoms with E-state index in [9.17, 15) is 69.9 Å². The van der Waals surface area contributed by atoms with Gasteiger partial charge in [-0.15, -0.1) is 0 Å². The number of rotatable bonds is 11. The van der Waals surface area contributed by atoms with Gasteiger partial charge in [-0.25, -0.2) is 0 Å². The van der Waals surface area contributed by atoms with Gasteiger partial charge in [0.05, 0.1) is 0 Å². The van der Waals surface area contributed by atoms with Crippen molar-refractivity contribution in [1.29, 1.82) is 0 Å². The lowest BCUT2D eigenvalue weighted by molar-refractivity contribution is -0.436. The summed E-state index contributed by atoms with van der Waals surface area (Å²) < 4.78 is 214. The Bertz CT molecular complexity index is 722. The molecular weight excluding hydrogens is 504 g/mol. The Balaban J connectivity index is 0. The molecule has 0 fully saturated rings. The number of unbranched alkanes of at least 4 members (excludes halogenated alkanes) is 2. The molecule has 0 atom stereocenters. The molecule has 4 nitrogen and oxygen atoms in total. The molecule has 19 heteroatoms. The summed E-state index contributed by atoms with van der Waals surface area (Å²) in [6.07, 6.45) is -3.69. The van der Waals surface area contributed by atoms with E-state index in [1.165, 1.54) is 6.92 Å². The minimum Gasteiger partial charge on any atom is -0.344 e. The van der Waals surface area contributed by atoms with Gasteiger partial charge in [-0.3, -0.25) is 4.55 Å². The molecule has 0 amide bonds. The summed E-state index contributed by atoms with van der Waals surface area (Å²) in [6, 6.07) is 0. The van der Waals surface area contributed by atoms with E-state index in [0.29, 0.717) is 0 Å². The second-order valence-electron chi connectivity index (χ2n) is 6.03. The minimum absolute atomic E-state index is 0. The van der Waals surface area contributed by atoms with Crippen LogP contribution in [0.3, 0.4) is 0 Å². The van der Waals surface area contributed by atoms with Crippen LogP contribution in [0.25, 0.3) is 0 Å². The van der Waals surface area contributed by atoms with Crippen molar-refractivity contribution in [3.05, 3.63) is 0 Å². The number of alkyl halides is 14. The van der Waals surface area contributed by atoms with E-state index in [-0.39, 0.29) is 19.0 Å². The highest BCUT2D eigenvalue weighted by atomic mass is 32.2. The molecule has 0 unspecified atom stereocenters. The third-order valence-electron chi connectivity index (χ3n) is 3.82. The molecule has 0 rings (SSSR count). The van der Waals surface area contributed by atoms with Gasteiger partial charge in [0.2, 0.25) is 0 Å². The van der Waals surface area contributed by atoms with Crippen LogP contribution in [-0.2, 0) is 10.1 Å². The standard InChI is InChI=1S/C12H12F14O3S.H3N/c1-2-3-4-5-6(13,14)7(15,16)8(17,18)9(19,20)10(21,22)11(23,24)12(25,26)30(27,28)29;/h2-5H2,1H3,(H,27,28,29);1H3. The predicted octanol–water partition coefficient (Wildman–Crippen LogP) is 6.02. The van der Waals surface area contributed by atoms with Gasteiger partial charge >= 0.3 is 50.9 Å². The third kappa shape index (κ3) is 4.53. The number of hydrogen-bond donors (Lipinski definition) is 2. The van der Waals surface area contributed by atoms with E-state index in [1.807, 2.05) is 0 Å². The van der Waals surface area contributed by atoms with Crippen LogP contribution in [-0.4, -0.2) is 53.8 Å². The van der Waals surface area contributed by atoms with Crippen LogP contribution in [0.5, 0.6) is 0 Å². The van der Waals surface area contributed by atoms with Gasteiger partial charge in [-0.2, -0.15) is 69.9 Å². The zero-order valence-electron chi connectivity index (χ0n) is 15.0. The topological polar surface area (TPSA) is 89.4 Å². The van der Waals surface area contributed by atoms with Crippen molar-refractivity contribution < 1.29 is 74.4 Å². The molecule has 190 valence electrons. The molecule has 0 aromatic heterocycles. The molecule has 0 aromatic rings. The minimum atomic E-state index is -8.38. The van der Waals surface area contributed by atoms with Crippen LogP contribution in [0, 0.1) is 0 Å². The SMILES string of the molecule is CCCCCC(F)(F)C(F)(F)C(F)(F)C(F)(F)C(F)(F)C(F)(F)C(F)(F)S(=O)(=O)O.N. The van der Waals surface area contributed by atoms with Crippen molar-refractivity contribution in [2.45, 2.75) is 73.4 Å². The number of halogens is 14. The monoisotopic (exact) mass is 519 g/mol. The van der Waals surface area contributed by atoms with Crippen molar-refractivity contribution >= 4 is 10.1 Å². The fraction of sp³-hybridized carbons (Fsp3) is 1.00. The Morgan fingerprint density at radius 3 is 1.26 bits per heavy atom. The smallest absolute Gasteiger partial charge is 0.344 e. The zero-order chi connectivity index (χ0) is 24.8. The van der Waals surface area contributed by atoms with Crippen molar-refractivity contribution in [2.24, 2.45) is 0 Å². The Morgan fingerprint density at radius 1 is 0.613 bits per heavy atom. The van der Waals surface area contributed by atoms with Gasteiger partial charge in [-0.1, -0.05) is 19.8 Å². The normalized spacial score (nSPS) is 15.6. The molecule has 0 bridgehead atoms. The lowest BCUT2D eigenvalue weighted by Gasteiger charge is -2.42. The van der Waals surface area contributed by atoms with Gasteiger partial charge in [0.1, 0.15) is 0 Å². The summed E-state index contributed by atoms with van der Waals surface area (Å²) in [6.45, 7) is 1.29. The van der Waals surface area contributed by atoms with Crippen LogP contribution in [0.1, 0.15) is 32.6 Å². The quantitative estimate of drug-likeness (QED) is 0.199. The average Bonchev–Trinajstić information content (AvgIpc) is 2.52. The maximum atomic E-state index is 13.4. The second-order valence-corrected chi connectivity index (χ2v) is 7.49. The summed E-state index contributed by atoms with van der Waals surface area (Å²) in [5.74, 6) is -46.7. The van der Waals surface area contributed by atoms with Gasteiger partial charge in [-0.05, 0) is 6.42 Å². The maximum Gasteiger partial charge on any atom is 0.438 e. The van der Waals surface area contributed by atoms with Gasteiger partial charge in [0.25, 0.3) is 0 Å². The lowest BCUT2D eigenvalue weighted by Crippen LogP contribution is -2.73. The first-order valence-electron chi connectivity index (χ1n) is 7.43. The summed E-state index contributed by atoms with van der Waals surface area (Å²) in [4.78, 5) is 0. The summed E-state index contributed by atoms with van der Waals surface area (Å²) in [5.41, 5.74) is 0. The van der Waals surface area contributed by atoms with E-state index in [2.05, 4.69) is 0 Å². The van der Waals surface area contributed by atoms with Crippen LogP contribution in [0.2, 0.25) is 0 Å². The molecule has 0 aliphatic rings. The predicted molar refractivity (Wildman–Crippen MR) is 75.3 cm³/mol. The molecule has 31 heavy (non-hydrogen) atoms. The molecule has 0 saturated carbocycles. The third-order valence-corrected chi connectivity index (χ3v) is 4.72. The maximum absolute atomic E-state index is 13.4. The summed E-state index contributed by atoms with van der Waals surface area (Å²) >= 11 is 0. The Morgan fingerprint density at radius 2 is 0.935 bits per heavy atom. The Labute approximate surface area is 165 Å². The number of hydrogen-bond acceptors (Lipinski definition) is 3. The van der Waals surface area contributed by atoms with E-state index >= 15 is 0 Å². The second kappa shape index (κ2) is 8.68. The first-order chi connectivity index (χ1) is 12.8. The molecule has 4 N–H and O–H groups in total. The highest BCUT2D eigenvalue weighted by Crippen LogP contribution is 2.63. The molecule has 0 radical (unpaired) electrons. The van der Waals surface area contributed by atoms with Crippen molar-refractivity contribution in [3.8, 4) is 0 Å². The molecule has 0 heterocycles. The van der Waals surface area contributed by atoms with Crippen LogP contribution in [0.15, 0.2) is 0 Å². The Hall–Kier alpha value is -1.11. The van der Waals surface area contributed by atoms with Crippen LogP contribution in [0.4, 0.5) is 61.5 Å². The van der Waals surface area contributed by atoms with E-state index in [4.69, 9.17) is 4.55 Å². The largest absolute Gasteiger partial charge is 0.438 e. The van der Waals surface area contributed by atoms with Crippen molar-refractivity contribution in [3.63, 3.8) is 0 Å². The fourth-order valence-electron chi connectivity index (χ4n) is 1.92. The van der Waals surface area contributed by atoms with Crippen LogP contribution < -0.4 is 6.15 Å². The zero-order valence-corrected chi connectivity index (χ0v) is 15.8. The lowest BCUT2D eigenvalue weighted by atomic mass is 9.89.